The van der Waals surface area contributed by atoms with Gasteiger partial charge in [-0.05, 0) is 35.2 Å². The first-order valence-corrected chi connectivity index (χ1v) is 8.28. The maximum Gasteiger partial charge on any atom is 0.261 e. The Kier molecular flexibility index (Phi) is 4.65. The molecule has 2 aromatic rings. The molecule has 1 heterocycles. The van der Waals surface area contributed by atoms with Gasteiger partial charge in [0.25, 0.3) is 5.91 Å². The Morgan fingerprint density at radius 3 is 2.64 bits per heavy atom. The molecular weight excluding hydrogens is 316 g/mol. The minimum absolute atomic E-state index is 0.137. The molecule has 0 bridgehead atoms. The maximum atomic E-state index is 12.5. The van der Waals surface area contributed by atoms with Gasteiger partial charge < -0.3 is 5.32 Å². The summed E-state index contributed by atoms with van der Waals surface area (Å²) < 4.78 is 0. The van der Waals surface area contributed by atoms with Gasteiger partial charge >= 0.3 is 0 Å². The third-order valence-electron chi connectivity index (χ3n) is 4.27. The summed E-state index contributed by atoms with van der Waals surface area (Å²) in [6.45, 7) is 3.87. The van der Waals surface area contributed by atoms with E-state index >= 15 is 0 Å². The van der Waals surface area contributed by atoms with E-state index in [-0.39, 0.29) is 24.8 Å². The summed E-state index contributed by atoms with van der Waals surface area (Å²) in [6, 6.07) is 14.6. The smallest absolute Gasteiger partial charge is 0.261 e. The van der Waals surface area contributed by atoms with E-state index in [1.165, 1.54) is 0 Å². The number of nitrogens with zero attached hydrogens (tertiary/aromatic N) is 1. The number of hydrogen-bond acceptors (Lipinski definition) is 3. The second-order valence-electron chi connectivity index (χ2n) is 6.45. The van der Waals surface area contributed by atoms with Gasteiger partial charge in [-0.1, -0.05) is 44.2 Å². The van der Waals surface area contributed by atoms with E-state index in [1.807, 2.05) is 18.2 Å². The molecule has 0 spiro atoms. The molecule has 1 aliphatic heterocycles. The zero-order valence-corrected chi connectivity index (χ0v) is 14.3. The van der Waals surface area contributed by atoms with E-state index < -0.39 is 5.91 Å². The highest BCUT2D eigenvalue weighted by molar-refractivity contribution is 6.12. The summed E-state index contributed by atoms with van der Waals surface area (Å²) in [4.78, 5) is 38.0. The molecule has 0 unspecified atom stereocenters. The normalized spacial score (nSPS) is 13.8. The number of hydrogen-bond donors (Lipinski definition) is 1. The Bertz CT molecular complexity index is 842. The topological polar surface area (TPSA) is 66.5 Å². The first kappa shape index (κ1) is 16.9. The molecule has 1 N–H and O–H groups in total. The molecule has 5 heteroatoms. The highest BCUT2D eigenvalue weighted by Gasteiger charge is 2.31. The van der Waals surface area contributed by atoms with Gasteiger partial charge in [-0.2, -0.15) is 0 Å². The summed E-state index contributed by atoms with van der Waals surface area (Å²) in [5, 5.41) is 2.76. The lowest BCUT2D eigenvalue weighted by molar-refractivity contribution is -0.131. The molecule has 0 atom stereocenters. The number of nitrogens with one attached hydrogen (secondary N) is 1. The van der Waals surface area contributed by atoms with Gasteiger partial charge in [-0.15, -0.1) is 0 Å². The number of carbonyl (C=O) groups is 3. The van der Waals surface area contributed by atoms with E-state index in [0.717, 1.165) is 10.5 Å². The van der Waals surface area contributed by atoms with Gasteiger partial charge in [-0.3, -0.25) is 19.3 Å². The molecule has 2 aromatic carbocycles. The molecular formula is C20H20N2O3. The van der Waals surface area contributed by atoms with Crippen molar-refractivity contribution < 1.29 is 14.4 Å². The minimum Gasteiger partial charge on any atom is -0.325 e. The summed E-state index contributed by atoms with van der Waals surface area (Å²) in [6.07, 6.45) is 0.137. The molecule has 3 rings (SSSR count). The van der Waals surface area contributed by atoms with Crippen molar-refractivity contribution in [1.29, 1.82) is 0 Å². The lowest BCUT2D eigenvalue weighted by Gasteiger charge is -2.26. The monoisotopic (exact) mass is 336 g/mol. The van der Waals surface area contributed by atoms with Crippen molar-refractivity contribution in [2.75, 3.05) is 11.9 Å². The predicted molar refractivity (Wildman–Crippen MR) is 95.4 cm³/mol. The number of rotatable bonds is 4. The molecule has 0 radical (unpaired) electrons. The van der Waals surface area contributed by atoms with E-state index in [0.29, 0.717) is 22.7 Å². The van der Waals surface area contributed by atoms with E-state index in [1.54, 1.807) is 30.3 Å². The van der Waals surface area contributed by atoms with Crippen LogP contribution in [0.5, 0.6) is 0 Å². The van der Waals surface area contributed by atoms with Crippen LogP contribution < -0.4 is 5.32 Å². The fourth-order valence-corrected chi connectivity index (χ4v) is 2.88. The van der Waals surface area contributed by atoms with Crippen molar-refractivity contribution in [3.63, 3.8) is 0 Å². The standard InChI is InChI=1S/C20H20N2O3/c1-13(2)14-7-5-8-16(10-14)21-18(23)12-22-19(24)11-15-6-3-4-9-17(15)20(22)25/h3-10,13H,11-12H2,1-2H3,(H,21,23). The van der Waals surface area contributed by atoms with Crippen molar-refractivity contribution in [3.05, 3.63) is 65.2 Å². The Hall–Kier alpha value is -2.95. The van der Waals surface area contributed by atoms with Gasteiger partial charge in [0.05, 0.1) is 6.42 Å². The van der Waals surface area contributed by atoms with Crippen molar-refractivity contribution in [2.24, 2.45) is 0 Å². The fraction of sp³-hybridized carbons (Fsp3) is 0.250. The lowest BCUT2D eigenvalue weighted by Crippen LogP contribution is -2.46. The third-order valence-corrected chi connectivity index (χ3v) is 4.27. The van der Waals surface area contributed by atoms with Gasteiger partial charge in [-0.25, -0.2) is 0 Å². The average Bonchev–Trinajstić information content (AvgIpc) is 2.59. The lowest BCUT2D eigenvalue weighted by atomic mass is 9.98. The Morgan fingerprint density at radius 2 is 1.88 bits per heavy atom. The highest BCUT2D eigenvalue weighted by atomic mass is 16.2. The third kappa shape index (κ3) is 3.60. The number of carbonyl (C=O) groups excluding carboxylic acids is 3. The SMILES string of the molecule is CC(C)c1cccc(NC(=O)CN2C(=O)Cc3ccccc3C2=O)c1. The number of benzene rings is 2. The van der Waals surface area contributed by atoms with Gasteiger partial charge in [0.2, 0.25) is 11.8 Å². The Balaban J connectivity index is 1.72. The molecule has 128 valence electrons. The molecule has 0 saturated carbocycles. The number of anilines is 1. The van der Waals surface area contributed by atoms with E-state index in [9.17, 15) is 14.4 Å². The van der Waals surface area contributed by atoms with Crippen LogP contribution in [0.2, 0.25) is 0 Å². The van der Waals surface area contributed by atoms with Crippen LogP contribution in [0.4, 0.5) is 5.69 Å². The number of amides is 3. The second-order valence-corrected chi connectivity index (χ2v) is 6.45. The number of fused-ring (bicyclic) bond motifs is 1. The molecule has 3 amide bonds. The van der Waals surface area contributed by atoms with Crippen LogP contribution in [-0.2, 0) is 16.0 Å². The maximum absolute atomic E-state index is 12.5. The zero-order chi connectivity index (χ0) is 18.0. The van der Waals surface area contributed by atoms with Crippen LogP contribution in [0.3, 0.4) is 0 Å². The largest absolute Gasteiger partial charge is 0.325 e. The fourth-order valence-electron chi connectivity index (χ4n) is 2.88. The van der Waals surface area contributed by atoms with E-state index in [2.05, 4.69) is 19.2 Å². The van der Waals surface area contributed by atoms with Crippen LogP contribution in [0.1, 0.15) is 41.3 Å². The second kappa shape index (κ2) is 6.89. The molecule has 0 aromatic heterocycles. The van der Waals surface area contributed by atoms with Gasteiger partial charge in [0, 0.05) is 11.3 Å². The Morgan fingerprint density at radius 1 is 1.12 bits per heavy atom. The molecule has 0 saturated heterocycles. The molecule has 0 aliphatic carbocycles. The van der Waals surface area contributed by atoms with Gasteiger partial charge in [0.1, 0.15) is 6.54 Å². The van der Waals surface area contributed by atoms with Crippen LogP contribution in [0.25, 0.3) is 0 Å². The van der Waals surface area contributed by atoms with Crippen molar-refractivity contribution in [2.45, 2.75) is 26.2 Å². The van der Waals surface area contributed by atoms with Crippen LogP contribution in [0, 0.1) is 0 Å². The summed E-state index contributed by atoms with van der Waals surface area (Å²) in [5.74, 6) is -0.812. The summed E-state index contributed by atoms with van der Waals surface area (Å²) in [7, 11) is 0. The van der Waals surface area contributed by atoms with Crippen LogP contribution in [-0.4, -0.2) is 29.2 Å². The quantitative estimate of drug-likeness (QED) is 0.873. The molecule has 1 aliphatic rings. The van der Waals surface area contributed by atoms with Crippen LogP contribution in [0.15, 0.2) is 48.5 Å². The predicted octanol–water partition coefficient (Wildman–Crippen LogP) is 2.97. The highest BCUT2D eigenvalue weighted by Crippen LogP contribution is 2.21. The number of imide groups is 1. The van der Waals surface area contributed by atoms with E-state index in [4.69, 9.17) is 0 Å². The zero-order valence-electron chi connectivity index (χ0n) is 14.3. The first-order valence-electron chi connectivity index (χ1n) is 8.28. The first-order chi connectivity index (χ1) is 12.0. The van der Waals surface area contributed by atoms with Crippen LogP contribution >= 0.6 is 0 Å². The molecule has 0 fully saturated rings. The van der Waals surface area contributed by atoms with Crippen molar-refractivity contribution >= 4 is 23.4 Å². The summed E-state index contributed by atoms with van der Waals surface area (Å²) >= 11 is 0. The van der Waals surface area contributed by atoms with Crippen molar-refractivity contribution in [1.82, 2.24) is 4.90 Å². The van der Waals surface area contributed by atoms with Gasteiger partial charge in [0.15, 0.2) is 0 Å². The van der Waals surface area contributed by atoms with Crippen molar-refractivity contribution in [3.8, 4) is 0 Å². The summed E-state index contributed by atoms with van der Waals surface area (Å²) in [5.41, 5.74) is 2.96. The molecule has 25 heavy (non-hydrogen) atoms. The average molecular weight is 336 g/mol. The molecule has 5 nitrogen and oxygen atoms in total. The minimum atomic E-state index is -0.419. The Labute approximate surface area is 146 Å².